The van der Waals surface area contributed by atoms with Crippen LogP contribution in [0.3, 0.4) is 0 Å². The molecule has 0 radical (unpaired) electrons. The van der Waals surface area contributed by atoms with Gasteiger partial charge in [0.25, 0.3) is 0 Å². The van der Waals surface area contributed by atoms with Crippen molar-refractivity contribution in [3.05, 3.63) is 30.1 Å². The summed E-state index contributed by atoms with van der Waals surface area (Å²) in [4.78, 5) is 36.5. The van der Waals surface area contributed by atoms with Crippen molar-refractivity contribution in [3.8, 4) is 0 Å². The van der Waals surface area contributed by atoms with E-state index in [1.807, 2.05) is 29.2 Å². The van der Waals surface area contributed by atoms with Gasteiger partial charge in [-0.25, -0.2) is 4.98 Å². The molecule has 1 aromatic heterocycles. The first-order valence-corrected chi connectivity index (χ1v) is 11.6. The van der Waals surface area contributed by atoms with Gasteiger partial charge in [0.2, 0.25) is 11.8 Å². The second-order valence-corrected chi connectivity index (χ2v) is 10.3. The van der Waals surface area contributed by atoms with Crippen LogP contribution < -0.4 is 5.32 Å². The zero-order valence-electron chi connectivity index (χ0n) is 17.4. The number of fused-ring (bicyclic) bond motifs is 1. The lowest BCUT2D eigenvalue weighted by Crippen LogP contribution is -2.57. The Morgan fingerprint density at radius 3 is 2.50 bits per heavy atom. The SMILES string of the molecule is O=C(NCc1nc2ccccc2[nH]1)C1CCCN1C(=O)C12CC3CC(CC(C3)C1)C2. The molecule has 1 aliphatic heterocycles. The number of likely N-dealkylation sites (tertiary alicyclic amines) is 1. The number of aromatic amines is 1. The number of carbonyl (C=O) groups excluding carboxylic acids is 2. The number of aromatic nitrogens is 2. The molecule has 0 spiro atoms. The van der Waals surface area contributed by atoms with E-state index < -0.39 is 0 Å². The zero-order valence-corrected chi connectivity index (χ0v) is 17.4. The molecule has 5 aliphatic rings. The number of amides is 2. The summed E-state index contributed by atoms with van der Waals surface area (Å²) in [6.07, 6.45) is 8.84. The Labute approximate surface area is 176 Å². The third-order valence-electron chi connectivity index (χ3n) is 8.18. The molecule has 158 valence electrons. The molecule has 1 aromatic carbocycles. The van der Waals surface area contributed by atoms with Crippen LogP contribution in [0.4, 0.5) is 0 Å². The van der Waals surface area contributed by atoms with Crippen LogP contribution in [0, 0.1) is 23.2 Å². The molecule has 5 fully saturated rings. The number of nitrogens with one attached hydrogen (secondary N) is 2. The molecule has 30 heavy (non-hydrogen) atoms. The maximum absolute atomic E-state index is 13.7. The molecular weight excluding hydrogens is 376 g/mol. The molecule has 2 amide bonds. The normalized spacial score (nSPS) is 34.6. The van der Waals surface area contributed by atoms with Gasteiger partial charge >= 0.3 is 0 Å². The third kappa shape index (κ3) is 2.95. The number of imidazole rings is 1. The average Bonchev–Trinajstić information content (AvgIpc) is 3.37. The zero-order chi connectivity index (χ0) is 20.3. The van der Waals surface area contributed by atoms with Crippen molar-refractivity contribution in [2.75, 3.05) is 6.54 Å². The molecular formula is C24H30N4O2. The van der Waals surface area contributed by atoms with Gasteiger partial charge in [0.05, 0.1) is 23.0 Å². The van der Waals surface area contributed by atoms with Crippen molar-refractivity contribution in [3.63, 3.8) is 0 Å². The van der Waals surface area contributed by atoms with E-state index in [1.165, 1.54) is 19.3 Å². The van der Waals surface area contributed by atoms with Gasteiger partial charge in [-0.2, -0.15) is 0 Å². The number of hydrogen-bond donors (Lipinski definition) is 2. The molecule has 2 N–H and O–H groups in total. The fraction of sp³-hybridized carbons (Fsp3) is 0.625. The third-order valence-corrected chi connectivity index (χ3v) is 8.18. The number of nitrogens with zero attached hydrogens (tertiary/aromatic N) is 2. The van der Waals surface area contributed by atoms with Crippen LogP contribution in [-0.4, -0.2) is 39.3 Å². The van der Waals surface area contributed by atoms with Crippen LogP contribution in [0.15, 0.2) is 24.3 Å². The van der Waals surface area contributed by atoms with Crippen molar-refractivity contribution in [1.82, 2.24) is 20.2 Å². The molecule has 1 saturated heterocycles. The van der Waals surface area contributed by atoms with E-state index in [-0.39, 0.29) is 23.3 Å². The molecule has 6 heteroatoms. The van der Waals surface area contributed by atoms with Gasteiger partial charge in [-0.3, -0.25) is 9.59 Å². The van der Waals surface area contributed by atoms with E-state index in [0.717, 1.165) is 73.3 Å². The first-order chi connectivity index (χ1) is 14.6. The molecule has 1 atom stereocenters. The maximum Gasteiger partial charge on any atom is 0.243 e. The highest BCUT2D eigenvalue weighted by molar-refractivity contribution is 5.91. The largest absolute Gasteiger partial charge is 0.347 e. The standard InChI is InChI=1S/C24H30N4O2/c29-22(25-14-21-26-18-4-1-2-5-19(18)27-21)20-6-3-7-28(20)23(30)24-11-15-8-16(12-24)10-17(9-15)13-24/h1-2,4-5,15-17,20H,3,6-14H2,(H,25,29)(H,26,27). The molecule has 4 saturated carbocycles. The molecule has 7 rings (SSSR count). The minimum absolute atomic E-state index is 0.0361. The Balaban J connectivity index is 1.15. The lowest BCUT2D eigenvalue weighted by Gasteiger charge is -2.56. The summed E-state index contributed by atoms with van der Waals surface area (Å²) in [6, 6.07) is 7.54. The van der Waals surface area contributed by atoms with Crippen molar-refractivity contribution >= 4 is 22.8 Å². The Hall–Kier alpha value is -2.37. The monoisotopic (exact) mass is 406 g/mol. The van der Waals surface area contributed by atoms with Gasteiger partial charge < -0.3 is 15.2 Å². The van der Waals surface area contributed by atoms with Crippen molar-refractivity contribution in [2.45, 2.75) is 64.0 Å². The van der Waals surface area contributed by atoms with E-state index >= 15 is 0 Å². The number of rotatable bonds is 4. The van der Waals surface area contributed by atoms with Crippen LogP contribution in [0.25, 0.3) is 11.0 Å². The summed E-state index contributed by atoms with van der Waals surface area (Å²) in [5.41, 5.74) is 1.71. The molecule has 2 heterocycles. The van der Waals surface area contributed by atoms with Crippen LogP contribution in [0.5, 0.6) is 0 Å². The molecule has 4 bridgehead atoms. The summed E-state index contributed by atoms with van der Waals surface area (Å²) in [5, 5.41) is 3.03. The van der Waals surface area contributed by atoms with E-state index in [2.05, 4.69) is 15.3 Å². The van der Waals surface area contributed by atoms with E-state index in [4.69, 9.17) is 0 Å². The Morgan fingerprint density at radius 1 is 1.10 bits per heavy atom. The Morgan fingerprint density at radius 2 is 1.80 bits per heavy atom. The summed E-state index contributed by atoms with van der Waals surface area (Å²) >= 11 is 0. The van der Waals surface area contributed by atoms with Crippen molar-refractivity contribution in [1.29, 1.82) is 0 Å². The highest BCUT2D eigenvalue weighted by Gasteiger charge is 2.56. The van der Waals surface area contributed by atoms with Gasteiger partial charge in [0, 0.05) is 6.54 Å². The fourth-order valence-electron chi connectivity index (χ4n) is 7.34. The average molecular weight is 407 g/mol. The van der Waals surface area contributed by atoms with E-state index in [9.17, 15) is 9.59 Å². The first-order valence-electron chi connectivity index (χ1n) is 11.6. The van der Waals surface area contributed by atoms with Gasteiger partial charge in [-0.1, -0.05) is 12.1 Å². The summed E-state index contributed by atoms with van der Waals surface area (Å²) in [6.45, 7) is 1.09. The van der Waals surface area contributed by atoms with Crippen LogP contribution in [-0.2, 0) is 16.1 Å². The van der Waals surface area contributed by atoms with Gasteiger partial charge in [0.1, 0.15) is 11.9 Å². The second kappa shape index (κ2) is 6.82. The van der Waals surface area contributed by atoms with Gasteiger partial charge in [-0.05, 0) is 81.3 Å². The molecule has 6 nitrogen and oxygen atoms in total. The molecule has 2 aromatic rings. The molecule has 1 unspecified atom stereocenters. The predicted molar refractivity (Wildman–Crippen MR) is 113 cm³/mol. The second-order valence-electron chi connectivity index (χ2n) is 10.3. The number of benzene rings is 1. The summed E-state index contributed by atoms with van der Waals surface area (Å²) in [7, 11) is 0. The van der Waals surface area contributed by atoms with E-state index in [1.54, 1.807) is 0 Å². The quantitative estimate of drug-likeness (QED) is 0.817. The Bertz CT molecular complexity index is 928. The van der Waals surface area contributed by atoms with E-state index in [0.29, 0.717) is 6.54 Å². The lowest BCUT2D eigenvalue weighted by atomic mass is 9.49. The fourth-order valence-corrected chi connectivity index (χ4v) is 7.34. The van der Waals surface area contributed by atoms with Crippen LogP contribution >= 0.6 is 0 Å². The van der Waals surface area contributed by atoms with Gasteiger partial charge in [-0.15, -0.1) is 0 Å². The van der Waals surface area contributed by atoms with Crippen molar-refractivity contribution < 1.29 is 9.59 Å². The Kier molecular flexibility index (Phi) is 4.19. The summed E-state index contributed by atoms with van der Waals surface area (Å²) < 4.78 is 0. The summed E-state index contributed by atoms with van der Waals surface area (Å²) in [5.74, 6) is 3.21. The van der Waals surface area contributed by atoms with Gasteiger partial charge in [0.15, 0.2) is 0 Å². The van der Waals surface area contributed by atoms with Crippen molar-refractivity contribution in [2.24, 2.45) is 23.2 Å². The first kappa shape index (κ1) is 18.4. The highest BCUT2D eigenvalue weighted by atomic mass is 16.2. The lowest BCUT2D eigenvalue weighted by molar-refractivity contribution is -0.160. The van der Waals surface area contributed by atoms with Crippen LogP contribution in [0.1, 0.15) is 57.2 Å². The minimum Gasteiger partial charge on any atom is -0.347 e. The minimum atomic E-state index is -0.324. The smallest absolute Gasteiger partial charge is 0.243 e. The topological polar surface area (TPSA) is 78.1 Å². The highest BCUT2D eigenvalue weighted by Crippen LogP contribution is 2.60. The molecule has 4 aliphatic carbocycles. The number of carbonyl (C=O) groups is 2. The number of para-hydroxylation sites is 2. The van der Waals surface area contributed by atoms with Crippen LogP contribution in [0.2, 0.25) is 0 Å². The predicted octanol–water partition coefficient (Wildman–Crippen LogP) is 3.39. The number of H-pyrrole nitrogens is 1. The number of hydrogen-bond acceptors (Lipinski definition) is 3. The maximum atomic E-state index is 13.7.